The summed E-state index contributed by atoms with van der Waals surface area (Å²) in [6.45, 7) is 17.0. The number of hydrogen-bond acceptors (Lipinski definition) is 13. The number of aliphatic hydroxyl groups excluding tert-OH is 1. The van der Waals surface area contributed by atoms with Crippen molar-refractivity contribution in [3.63, 3.8) is 0 Å². The molecule has 0 radical (unpaired) electrons. The Morgan fingerprint density at radius 2 is 1.69 bits per heavy atom. The number of guanidine groups is 1. The number of ether oxygens (including phenoxy) is 1. The second-order valence-electron chi connectivity index (χ2n) is 19.6. The number of nitrogens with zero attached hydrogens (tertiary/aromatic N) is 3. The standard InChI is InChI=1S/C52H75N5O9S/c1-9-38-20-23-56-24-21-39(54-52(56)53-38)30-67-45-29-46(61)57(51(45)65)22-14-18-40(59)17-11-10-12-19-41-42-26-31(2)25-34(5)47(62)35(6)27-36(7)49(66-37(8)58)32(3)15-13-16-33(4)50(64)55-43(48(42)63)28-44(41)60/h13,15-16,27-28,31-32,34-35,38-39,45,47,49,62H,9-12,14,17-26,29-30H2,1-8H3,(H,53,54)(H,55,64)/b15-13-,33-16+,36-27+/t31-,32-,34-,35-,38-,39+,45?,47-,49+/m0/s1. The maximum atomic E-state index is 14.1. The van der Waals surface area contributed by atoms with Crippen LogP contribution in [0.1, 0.15) is 139 Å². The Morgan fingerprint density at radius 3 is 2.42 bits per heavy atom. The fourth-order valence-corrected chi connectivity index (χ4v) is 11.1. The summed E-state index contributed by atoms with van der Waals surface area (Å²) in [5.74, 6) is -1.11. The predicted octanol–water partition coefficient (Wildman–Crippen LogP) is 6.88. The fourth-order valence-electron chi connectivity index (χ4n) is 9.89. The van der Waals surface area contributed by atoms with Crippen LogP contribution in [0.25, 0.3) is 0 Å². The van der Waals surface area contributed by atoms with Gasteiger partial charge in [-0.3, -0.25) is 38.5 Å². The van der Waals surface area contributed by atoms with Crippen LogP contribution in [0.4, 0.5) is 0 Å². The number of rotatable bonds is 15. The maximum Gasteiger partial charge on any atom is 0.303 e. The number of Topliss-reactive ketones (excluding diaryl/α,β-unsaturated/α-hetero) is 2. The molecular weight excluding hydrogens is 871 g/mol. The van der Waals surface area contributed by atoms with Gasteiger partial charge < -0.3 is 25.4 Å². The summed E-state index contributed by atoms with van der Waals surface area (Å²) in [5.41, 5.74) is 1.81. The van der Waals surface area contributed by atoms with E-state index in [0.29, 0.717) is 67.7 Å². The number of thioether (sulfide) groups is 1. The van der Waals surface area contributed by atoms with E-state index < -0.39 is 35.1 Å². The van der Waals surface area contributed by atoms with Gasteiger partial charge in [0.25, 0.3) is 5.91 Å². The molecule has 5 rings (SSSR count). The molecule has 2 bridgehead atoms. The zero-order chi connectivity index (χ0) is 48.9. The van der Waals surface area contributed by atoms with E-state index in [-0.39, 0.29) is 84.6 Å². The highest BCUT2D eigenvalue weighted by Crippen LogP contribution is 2.33. The third-order valence-corrected chi connectivity index (χ3v) is 15.2. The number of carbonyl (C=O) groups is 7. The number of imide groups is 1. The van der Waals surface area contributed by atoms with Crippen LogP contribution in [0.5, 0.6) is 0 Å². The zero-order valence-corrected chi connectivity index (χ0v) is 41.9. The minimum absolute atomic E-state index is 0.0517. The number of allylic oxidation sites excluding steroid dienone is 5. The van der Waals surface area contributed by atoms with Gasteiger partial charge in [-0.25, -0.2) is 4.99 Å². The van der Waals surface area contributed by atoms with Gasteiger partial charge in [-0.1, -0.05) is 65.3 Å². The average Bonchev–Trinajstić information content (AvgIpc) is 3.56. The first kappa shape index (κ1) is 53.3. The number of fused-ring (bicyclic) bond motifs is 3. The predicted molar refractivity (Wildman–Crippen MR) is 262 cm³/mol. The van der Waals surface area contributed by atoms with Gasteiger partial charge in [0.05, 0.1) is 23.1 Å². The minimum atomic E-state index is -0.729. The summed E-state index contributed by atoms with van der Waals surface area (Å²) in [7, 11) is 0. The highest BCUT2D eigenvalue weighted by atomic mass is 32.2. The lowest BCUT2D eigenvalue weighted by Gasteiger charge is -2.39. The highest BCUT2D eigenvalue weighted by molar-refractivity contribution is 8.00. The van der Waals surface area contributed by atoms with Gasteiger partial charge in [0.15, 0.2) is 11.7 Å². The normalized spacial score (nSPS) is 31.2. The van der Waals surface area contributed by atoms with Crippen LogP contribution in [0.2, 0.25) is 0 Å². The quantitative estimate of drug-likeness (QED) is 0.0508. The van der Waals surface area contributed by atoms with Crippen molar-refractivity contribution >= 4 is 58.8 Å². The molecule has 4 aliphatic heterocycles. The van der Waals surface area contributed by atoms with Crippen LogP contribution < -0.4 is 10.6 Å². The van der Waals surface area contributed by atoms with Gasteiger partial charge in [0.1, 0.15) is 11.9 Å². The lowest BCUT2D eigenvalue weighted by atomic mass is 9.80. The molecule has 2 saturated heterocycles. The van der Waals surface area contributed by atoms with Crippen LogP contribution in [-0.4, -0.2) is 117 Å². The second-order valence-corrected chi connectivity index (χ2v) is 20.8. The molecule has 2 fully saturated rings. The van der Waals surface area contributed by atoms with Gasteiger partial charge in [-0.05, 0) is 89.0 Å². The summed E-state index contributed by atoms with van der Waals surface area (Å²) in [4.78, 5) is 101. The first-order valence-corrected chi connectivity index (χ1v) is 25.7. The number of hydrogen-bond donors (Lipinski definition) is 3. The van der Waals surface area contributed by atoms with Crippen molar-refractivity contribution in [1.29, 1.82) is 0 Å². The SMILES string of the molecule is CC[C@H]1CCN2CC[C@H](CSC3CC(=O)N(CCCC(=O)CCCCCC4=C5C[C@@H](C)C[C@H](C)[C@H](O)[C@@H](C)/C=C(\C)[C@H](OC(C)=O)[C@@H](C)/C=C\C=C(/C)C(=O)NC(=CC4=O)C5=O)C3=O)NC2=N1. The van der Waals surface area contributed by atoms with Crippen molar-refractivity contribution in [3.8, 4) is 0 Å². The summed E-state index contributed by atoms with van der Waals surface area (Å²) in [6, 6.07) is 0.544. The Bertz CT molecular complexity index is 2070. The van der Waals surface area contributed by atoms with Crippen LogP contribution in [0, 0.1) is 23.7 Å². The molecule has 67 heavy (non-hydrogen) atoms. The number of amides is 3. The van der Waals surface area contributed by atoms with Gasteiger partial charge in [-0.2, -0.15) is 0 Å². The molecule has 0 saturated carbocycles. The lowest BCUT2D eigenvalue weighted by Crippen LogP contribution is -2.56. The first-order chi connectivity index (χ1) is 31.9. The fraction of sp³-hybridized carbons (Fsp3) is 0.654. The molecule has 9 atom stereocenters. The van der Waals surface area contributed by atoms with Gasteiger partial charge in [-0.15, -0.1) is 11.8 Å². The monoisotopic (exact) mass is 946 g/mol. The topological polar surface area (TPSA) is 192 Å². The van der Waals surface area contributed by atoms with Gasteiger partial charge in [0, 0.05) is 92.2 Å². The molecule has 0 aromatic heterocycles. The van der Waals surface area contributed by atoms with Crippen molar-refractivity contribution in [1.82, 2.24) is 20.4 Å². The molecule has 4 heterocycles. The Hall–Kier alpha value is -4.63. The van der Waals surface area contributed by atoms with Crippen molar-refractivity contribution < 1.29 is 43.4 Å². The third kappa shape index (κ3) is 14.9. The number of esters is 1. The van der Waals surface area contributed by atoms with Gasteiger partial charge in [0.2, 0.25) is 17.6 Å². The Kier molecular flexibility index (Phi) is 20.0. The summed E-state index contributed by atoms with van der Waals surface area (Å²) >= 11 is 1.53. The number of likely N-dealkylation sites (tertiary alicyclic amines) is 1. The Balaban J connectivity index is 1.13. The molecule has 0 aromatic rings. The number of unbranched alkanes of at least 4 members (excludes halogenated alkanes) is 2. The van der Waals surface area contributed by atoms with Crippen LogP contribution in [0.15, 0.2) is 63.4 Å². The first-order valence-electron chi connectivity index (χ1n) is 24.7. The van der Waals surface area contributed by atoms with E-state index in [4.69, 9.17) is 9.73 Å². The smallest absolute Gasteiger partial charge is 0.303 e. The van der Waals surface area contributed by atoms with Gasteiger partial charge >= 0.3 is 5.97 Å². The Labute approximate surface area is 402 Å². The van der Waals surface area contributed by atoms with E-state index >= 15 is 0 Å². The zero-order valence-electron chi connectivity index (χ0n) is 41.1. The molecule has 14 nitrogen and oxygen atoms in total. The van der Waals surface area contributed by atoms with E-state index in [1.54, 1.807) is 19.1 Å². The van der Waals surface area contributed by atoms with Crippen molar-refractivity contribution in [2.45, 2.75) is 168 Å². The highest BCUT2D eigenvalue weighted by Gasteiger charge is 2.39. The molecule has 15 heteroatoms. The molecule has 368 valence electrons. The van der Waals surface area contributed by atoms with Crippen molar-refractivity contribution in [3.05, 3.63) is 58.4 Å². The number of aliphatic hydroxyl groups is 1. The number of nitrogens with one attached hydrogen (secondary N) is 2. The van der Waals surface area contributed by atoms with Crippen LogP contribution in [0.3, 0.4) is 0 Å². The van der Waals surface area contributed by atoms with E-state index in [9.17, 15) is 38.7 Å². The molecule has 5 aliphatic rings. The molecular formula is C52H75N5O9S. The summed E-state index contributed by atoms with van der Waals surface area (Å²) in [5, 5.41) is 17.3. The molecule has 1 aliphatic carbocycles. The third-order valence-electron chi connectivity index (χ3n) is 13.8. The number of ketones is 3. The summed E-state index contributed by atoms with van der Waals surface area (Å²) < 4.78 is 5.69. The largest absolute Gasteiger partial charge is 0.457 e. The molecule has 0 spiro atoms. The molecule has 3 N–H and O–H groups in total. The van der Waals surface area contributed by atoms with Crippen molar-refractivity contribution in [2.24, 2.45) is 28.7 Å². The lowest BCUT2D eigenvalue weighted by molar-refractivity contribution is -0.146. The van der Waals surface area contributed by atoms with E-state index in [0.717, 1.165) is 49.6 Å². The molecule has 1 unspecified atom stereocenters. The van der Waals surface area contributed by atoms with Crippen molar-refractivity contribution in [2.75, 3.05) is 25.4 Å². The average molecular weight is 946 g/mol. The van der Waals surface area contributed by atoms with Crippen LogP contribution >= 0.6 is 11.8 Å². The second kappa shape index (κ2) is 25.1. The number of aliphatic imine (C=N–C) groups is 1. The maximum absolute atomic E-state index is 14.1. The van der Waals surface area contributed by atoms with E-state index in [2.05, 4.69) is 22.5 Å². The molecule has 0 aromatic carbocycles. The van der Waals surface area contributed by atoms with E-state index in [1.807, 2.05) is 46.8 Å². The summed E-state index contributed by atoms with van der Waals surface area (Å²) in [6.07, 6.45) is 14.2. The minimum Gasteiger partial charge on any atom is -0.457 e. The Morgan fingerprint density at radius 1 is 0.955 bits per heavy atom. The molecule has 3 amide bonds. The van der Waals surface area contributed by atoms with E-state index in [1.165, 1.54) is 29.7 Å². The number of carbonyl (C=O) groups excluding carboxylic acids is 7. The van der Waals surface area contributed by atoms with Crippen LogP contribution in [-0.2, 0) is 38.3 Å².